The van der Waals surface area contributed by atoms with Gasteiger partial charge in [-0.1, -0.05) is 6.07 Å². The molecule has 1 amide bonds. The van der Waals surface area contributed by atoms with E-state index in [4.69, 9.17) is 9.47 Å². The van der Waals surface area contributed by atoms with Gasteiger partial charge in [-0.2, -0.15) is 5.10 Å². The van der Waals surface area contributed by atoms with Crippen LogP contribution in [-0.2, 0) is 17.9 Å². The van der Waals surface area contributed by atoms with Crippen LogP contribution in [0.2, 0.25) is 0 Å². The molecule has 30 heavy (non-hydrogen) atoms. The van der Waals surface area contributed by atoms with E-state index in [1.807, 2.05) is 11.0 Å². The Morgan fingerprint density at radius 1 is 1.10 bits per heavy atom. The van der Waals surface area contributed by atoms with Crippen LogP contribution in [0.1, 0.15) is 18.4 Å². The van der Waals surface area contributed by atoms with Crippen LogP contribution in [0.4, 0.5) is 0 Å². The third-order valence-corrected chi connectivity index (χ3v) is 6.28. The Kier molecular flexibility index (Phi) is 5.54. The lowest BCUT2D eigenvalue weighted by atomic mass is 10.0. The number of nitrogens with zero attached hydrogens (tertiary/aromatic N) is 6. The summed E-state index contributed by atoms with van der Waals surface area (Å²) >= 11 is 0. The summed E-state index contributed by atoms with van der Waals surface area (Å²) in [6.45, 7) is 7.34. The normalized spacial score (nSPS) is 22.4. The maximum atomic E-state index is 12.6. The van der Waals surface area contributed by atoms with Gasteiger partial charge in [0.25, 0.3) is 0 Å². The largest absolute Gasteiger partial charge is 0.454 e. The zero-order chi connectivity index (χ0) is 20.3. The quantitative estimate of drug-likeness (QED) is 0.720. The SMILES string of the molecule is O=C(Cn1cncn1)N1CCCC(N2CCN(Cc3ccc4c(c3)OCO4)CC2)C1. The number of rotatable bonds is 5. The Balaban J connectivity index is 1.11. The number of hydrogen-bond donors (Lipinski definition) is 0. The minimum absolute atomic E-state index is 0.131. The summed E-state index contributed by atoms with van der Waals surface area (Å²) < 4.78 is 12.5. The highest BCUT2D eigenvalue weighted by Gasteiger charge is 2.30. The van der Waals surface area contributed by atoms with Crippen molar-refractivity contribution in [3.05, 3.63) is 36.4 Å². The molecule has 1 aromatic carbocycles. The minimum Gasteiger partial charge on any atom is -0.454 e. The van der Waals surface area contributed by atoms with Crippen molar-refractivity contribution in [3.8, 4) is 11.5 Å². The van der Waals surface area contributed by atoms with Crippen LogP contribution < -0.4 is 9.47 Å². The molecule has 2 saturated heterocycles. The van der Waals surface area contributed by atoms with E-state index < -0.39 is 0 Å². The first-order valence-electron chi connectivity index (χ1n) is 10.7. The molecule has 160 valence electrons. The van der Waals surface area contributed by atoms with Gasteiger partial charge in [-0.3, -0.25) is 14.6 Å². The average molecular weight is 412 g/mol. The zero-order valence-corrected chi connectivity index (χ0v) is 17.2. The Morgan fingerprint density at radius 2 is 1.97 bits per heavy atom. The number of benzene rings is 1. The fourth-order valence-corrected chi connectivity index (χ4v) is 4.62. The molecule has 0 aliphatic carbocycles. The third-order valence-electron chi connectivity index (χ3n) is 6.28. The lowest BCUT2D eigenvalue weighted by molar-refractivity contribution is -0.134. The molecule has 0 N–H and O–H groups in total. The Labute approximate surface area is 176 Å². The number of hydrogen-bond acceptors (Lipinski definition) is 7. The Bertz CT molecular complexity index is 866. The molecule has 3 aliphatic heterocycles. The molecule has 3 aliphatic rings. The molecule has 4 heterocycles. The monoisotopic (exact) mass is 412 g/mol. The number of piperazine rings is 1. The number of likely N-dealkylation sites (tertiary alicyclic amines) is 1. The van der Waals surface area contributed by atoms with Gasteiger partial charge in [0, 0.05) is 51.9 Å². The van der Waals surface area contributed by atoms with Gasteiger partial charge in [-0.05, 0) is 30.5 Å². The van der Waals surface area contributed by atoms with Crippen LogP contribution in [0.15, 0.2) is 30.9 Å². The molecule has 1 aromatic heterocycles. The van der Waals surface area contributed by atoms with Crippen molar-refractivity contribution < 1.29 is 14.3 Å². The molecule has 1 atom stereocenters. The van der Waals surface area contributed by atoms with Gasteiger partial charge in [0.1, 0.15) is 19.2 Å². The van der Waals surface area contributed by atoms with Crippen LogP contribution in [0.5, 0.6) is 11.5 Å². The van der Waals surface area contributed by atoms with E-state index in [0.29, 0.717) is 12.8 Å². The van der Waals surface area contributed by atoms with Crippen molar-refractivity contribution in [1.29, 1.82) is 0 Å². The lowest BCUT2D eigenvalue weighted by Gasteiger charge is -2.43. The molecule has 0 radical (unpaired) electrons. The Hall–Kier alpha value is -2.65. The van der Waals surface area contributed by atoms with Crippen molar-refractivity contribution in [1.82, 2.24) is 29.5 Å². The first kappa shape index (κ1) is 19.3. The van der Waals surface area contributed by atoms with E-state index in [1.165, 1.54) is 11.9 Å². The molecule has 0 spiro atoms. The van der Waals surface area contributed by atoms with Gasteiger partial charge >= 0.3 is 0 Å². The van der Waals surface area contributed by atoms with Crippen molar-refractivity contribution >= 4 is 5.91 Å². The van der Waals surface area contributed by atoms with Gasteiger partial charge in [-0.15, -0.1) is 0 Å². The van der Waals surface area contributed by atoms with Crippen LogP contribution in [0, 0.1) is 0 Å². The summed E-state index contributed by atoms with van der Waals surface area (Å²) in [7, 11) is 0. The summed E-state index contributed by atoms with van der Waals surface area (Å²) in [6, 6.07) is 6.67. The third kappa shape index (κ3) is 4.27. The van der Waals surface area contributed by atoms with E-state index in [0.717, 1.165) is 70.2 Å². The summed E-state index contributed by atoms with van der Waals surface area (Å²) in [4.78, 5) is 23.6. The van der Waals surface area contributed by atoms with Crippen molar-refractivity contribution in [2.24, 2.45) is 0 Å². The van der Waals surface area contributed by atoms with Crippen LogP contribution in [-0.4, -0.2) is 87.5 Å². The predicted octanol–water partition coefficient (Wildman–Crippen LogP) is 0.816. The topological polar surface area (TPSA) is 76.0 Å². The van der Waals surface area contributed by atoms with Gasteiger partial charge < -0.3 is 14.4 Å². The average Bonchev–Trinajstić information content (AvgIpc) is 3.46. The lowest BCUT2D eigenvalue weighted by Crippen LogP contribution is -2.55. The molecule has 2 fully saturated rings. The van der Waals surface area contributed by atoms with Gasteiger partial charge in [0.05, 0.1) is 0 Å². The Morgan fingerprint density at radius 3 is 2.80 bits per heavy atom. The second-order valence-corrected chi connectivity index (χ2v) is 8.23. The summed E-state index contributed by atoms with van der Waals surface area (Å²) in [5.74, 6) is 1.82. The number of carbonyl (C=O) groups excluding carboxylic acids is 1. The van der Waals surface area contributed by atoms with Crippen LogP contribution >= 0.6 is 0 Å². The molecule has 5 rings (SSSR count). The van der Waals surface area contributed by atoms with Gasteiger partial charge in [0.15, 0.2) is 11.5 Å². The van der Waals surface area contributed by atoms with E-state index >= 15 is 0 Å². The molecular weight excluding hydrogens is 384 g/mol. The number of fused-ring (bicyclic) bond motifs is 1. The molecular formula is C21H28N6O3. The summed E-state index contributed by atoms with van der Waals surface area (Å²) in [5, 5.41) is 4.05. The minimum atomic E-state index is 0.131. The number of carbonyl (C=O) groups is 1. The molecule has 9 nitrogen and oxygen atoms in total. The van der Waals surface area contributed by atoms with E-state index in [1.54, 1.807) is 11.0 Å². The highest BCUT2D eigenvalue weighted by atomic mass is 16.7. The highest BCUT2D eigenvalue weighted by Crippen LogP contribution is 2.33. The summed E-state index contributed by atoms with van der Waals surface area (Å²) in [5.41, 5.74) is 1.26. The van der Waals surface area contributed by atoms with Gasteiger partial charge in [-0.25, -0.2) is 9.67 Å². The fourth-order valence-electron chi connectivity index (χ4n) is 4.62. The highest BCUT2D eigenvalue weighted by molar-refractivity contribution is 5.76. The molecule has 0 saturated carbocycles. The molecule has 0 bridgehead atoms. The fraction of sp³-hybridized carbons (Fsp3) is 0.571. The summed E-state index contributed by atoms with van der Waals surface area (Å²) in [6.07, 6.45) is 5.29. The van der Waals surface area contributed by atoms with Crippen molar-refractivity contribution in [2.75, 3.05) is 46.1 Å². The van der Waals surface area contributed by atoms with E-state index in [-0.39, 0.29) is 12.5 Å². The second kappa shape index (κ2) is 8.61. The standard InChI is InChI=1S/C21H28N6O3/c28-21(13-27-15-22-14-23-27)26-5-1-2-18(12-26)25-8-6-24(7-9-25)11-17-3-4-19-20(10-17)30-16-29-19/h3-4,10,14-15,18H,1-2,5-9,11-13,16H2. The predicted molar refractivity (Wildman–Crippen MR) is 109 cm³/mol. The smallest absolute Gasteiger partial charge is 0.244 e. The number of aromatic nitrogens is 3. The second-order valence-electron chi connectivity index (χ2n) is 8.23. The van der Waals surface area contributed by atoms with E-state index in [9.17, 15) is 4.79 Å². The molecule has 1 unspecified atom stereocenters. The van der Waals surface area contributed by atoms with Crippen molar-refractivity contribution in [3.63, 3.8) is 0 Å². The first-order valence-corrected chi connectivity index (χ1v) is 10.7. The maximum Gasteiger partial charge on any atom is 0.244 e. The van der Waals surface area contributed by atoms with Crippen molar-refractivity contribution in [2.45, 2.75) is 32.0 Å². The first-order chi connectivity index (χ1) is 14.7. The maximum absolute atomic E-state index is 12.6. The molecule has 2 aromatic rings. The number of piperidine rings is 1. The van der Waals surface area contributed by atoms with Crippen LogP contribution in [0.25, 0.3) is 0 Å². The molecule has 9 heteroatoms. The number of amides is 1. The zero-order valence-electron chi connectivity index (χ0n) is 17.2. The van der Waals surface area contributed by atoms with E-state index in [2.05, 4.69) is 32.0 Å². The number of ether oxygens (including phenoxy) is 2. The van der Waals surface area contributed by atoms with Crippen LogP contribution in [0.3, 0.4) is 0 Å². The van der Waals surface area contributed by atoms with Gasteiger partial charge in [0.2, 0.25) is 12.7 Å².